The highest BCUT2D eigenvalue weighted by atomic mass is 16.5. The van der Waals surface area contributed by atoms with Gasteiger partial charge in [0.1, 0.15) is 6.04 Å². The average molecular weight is 542 g/mol. The van der Waals surface area contributed by atoms with Crippen molar-refractivity contribution in [1.82, 2.24) is 4.90 Å². The van der Waals surface area contributed by atoms with E-state index >= 15 is 0 Å². The summed E-state index contributed by atoms with van der Waals surface area (Å²) < 4.78 is 5.44. The lowest BCUT2D eigenvalue weighted by Crippen LogP contribution is -2.51. The number of allylic oxidation sites excluding steroid dienone is 1. The smallest absolute Gasteiger partial charge is 0.310 e. The Morgan fingerprint density at radius 2 is 1.74 bits per heavy atom. The molecule has 0 unspecified atom stereocenters. The maximum absolute atomic E-state index is 14.1. The topological polar surface area (TPSA) is 99.2 Å². The van der Waals surface area contributed by atoms with Gasteiger partial charge in [0.25, 0.3) is 0 Å². The highest BCUT2D eigenvalue weighted by Gasteiger charge is 2.58. The number of benzene rings is 1. The molecule has 0 spiro atoms. The third kappa shape index (κ3) is 6.65. The monoisotopic (exact) mass is 541 g/mol. The lowest BCUT2D eigenvalue weighted by Gasteiger charge is -2.34. The number of carbonyl (C=O) groups excluding carboxylic acids is 3. The van der Waals surface area contributed by atoms with Crippen LogP contribution in [0.2, 0.25) is 0 Å². The lowest BCUT2D eigenvalue weighted by atomic mass is 9.69. The van der Waals surface area contributed by atoms with Crippen molar-refractivity contribution < 1.29 is 24.2 Å². The van der Waals surface area contributed by atoms with E-state index in [9.17, 15) is 19.5 Å². The van der Waals surface area contributed by atoms with Crippen LogP contribution in [0.4, 0.5) is 11.4 Å². The Labute approximate surface area is 233 Å². The van der Waals surface area contributed by atoms with Crippen LogP contribution in [0.5, 0.6) is 0 Å². The minimum Gasteiger partial charge on any atom is -0.466 e. The Balaban J connectivity index is 2.00. The van der Waals surface area contributed by atoms with Crippen molar-refractivity contribution in [2.45, 2.75) is 72.9 Å². The summed E-state index contributed by atoms with van der Waals surface area (Å²) in [6, 6.07) is 6.34. The van der Waals surface area contributed by atoms with Crippen molar-refractivity contribution in [2.24, 2.45) is 29.6 Å². The van der Waals surface area contributed by atoms with E-state index in [0.717, 1.165) is 31.6 Å². The highest BCUT2D eigenvalue weighted by molar-refractivity contribution is 6.01. The number of rotatable bonds is 13. The molecular weight excluding hydrogens is 494 g/mol. The van der Waals surface area contributed by atoms with Crippen LogP contribution in [0, 0.1) is 29.6 Å². The fraction of sp³-hybridized carbons (Fsp3) is 0.645. The minimum absolute atomic E-state index is 0.131. The first kappa shape index (κ1) is 30.7. The fourth-order valence-corrected chi connectivity index (χ4v) is 6.39. The van der Waals surface area contributed by atoms with Crippen LogP contribution in [0.1, 0.15) is 60.8 Å². The number of ether oxygens (including phenoxy) is 1. The van der Waals surface area contributed by atoms with Crippen LogP contribution in [0.25, 0.3) is 0 Å². The molecule has 0 saturated carbocycles. The summed E-state index contributed by atoms with van der Waals surface area (Å²) in [5.74, 6) is -2.72. The summed E-state index contributed by atoms with van der Waals surface area (Å²) in [5.41, 5.74) is 1.71. The van der Waals surface area contributed by atoms with Gasteiger partial charge in [-0.05, 0) is 69.7 Å². The number of amides is 2. The molecule has 2 aliphatic rings. The molecule has 8 heteroatoms. The van der Waals surface area contributed by atoms with Gasteiger partial charge in [0.05, 0.1) is 31.1 Å². The van der Waals surface area contributed by atoms with Gasteiger partial charge in [-0.2, -0.15) is 0 Å². The van der Waals surface area contributed by atoms with Crippen molar-refractivity contribution in [3.8, 4) is 0 Å². The van der Waals surface area contributed by atoms with Gasteiger partial charge in [0, 0.05) is 30.4 Å². The van der Waals surface area contributed by atoms with Crippen molar-refractivity contribution in [1.29, 1.82) is 0 Å². The van der Waals surface area contributed by atoms with Gasteiger partial charge in [-0.3, -0.25) is 14.4 Å². The maximum atomic E-state index is 14.1. The van der Waals surface area contributed by atoms with Crippen LogP contribution < -0.4 is 10.2 Å². The molecule has 1 aliphatic carbocycles. The molecule has 1 aliphatic heterocycles. The Bertz CT molecular complexity index is 1000. The number of likely N-dealkylation sites (tertiary alicyclic amines) is 1. The zero-order valence-electron chi connectivity index (χ0n) is 24.4. The molecule has 1 heterocycles. The summed E-state index contributed by atoms with van der Waals surface area (Å²) in [6.07, 6.45) is 6.12. The second-order valence-electron chi connectivity index (χ2n) is 11.1. The standard InChI is InChI=1S/C31H47N3O5/c1-7-11-21-12-17-25-27(26(21)31(38)39-10-4)30(37)34(24(19-35)18-20(5)6)28(25)29(36)32-22-13-15-23(16-14-22)33(8-2)9-3/h12-17,20-21,24-28,35H,7-11,18-19H2,1-6H3,(H,32,36)/t21-,24-,25+,26-,27-,28+/m1/s1. The van der Waals surface area contributed by atoms with Gasteiger partial charge in [0.2, 0.25) is 11.8 Å². The average Bonchev–Trinajstić information content (AvgIpc) is 3.21. The second-order valence-corrected chi connectivity index (χ2v) is 11.1. The number of anilines is 2. The molecule has 8 nitrogen and oxygen atoms in total. The highest BCUT2D eigenvalue weighted by Crippen LogP contribution is 2.47. The second kappa shape index (κ2) is 14.0. The van der Waals surface area contributed by atoms with Crippen LogP contribution >= 0.6 is 0 Å². The molecule has 1 aromatic carbocycles. The molecule has 39 heavy (non-hydrogen) atoms. The molecule has 2 N–H and O–H groups in total. The van der Waals surface area contributed by atoms with E-state index in [1.165, 1.54) is 0 Å². The van der Waals surface area contributed by atoms with E-state index in [1.807, 2.05) is 50.3 Å². The number of hydrogen-bond acceptors (Lipinski definition) is 6. The number of carbonyl (C=O) groups is 3. The third-order valence-corrected chi connectivity index (χ3v) is 8.11. The molecule has 1 aromatic rings. The molecule has 1 fully saturated rings. The maximum Gasteiger partial charge on any atom is 0.310 e. The van der Waals surface area contributed by atoms with Crippen LogP contribution in [-0.4, -0.2) is 66.2 Å². The van der Waals surface area contributed by atoms with Crippen LogP contribution in [-0.2, 0) is 19.1 Å². The molecule has 0 radical (unpaired) electrons. The Morgan fingerprint density at radius 1 is 1.08 bits per heavy atom. The van der Waals surface area contributed by atoms with E-state index in [2.05, 4.69) is 31.0 Å². The summed E-state index contributed by atoms with van der Waals surface area (Å²) >= 11 is 0. The first-order valence-electron chi connectivity index (χ1n) is 14.7. The largest absolute Gasteiger partial charge is 0.466 e. The summed E-state index contributed by atoms with van der Waals surface area (Å²) in [5, 5.41) is 13.4. The zero-order chi connectivity index (χ0) is 28.7. The fourth-order valence-electron chi connectivity index (χ4n) is 6.39. The quantitative estimate of drug-likeness (QED) is 0.282. The molecule has 0 bridgehead atoms. The molecule has 1 saturated heterocycles. The minimum atomic E-state index is -0.836. The lowest BCUT2D eigenvalue weighted by molar-refractivity contribution is -0.156. The molecule has 0 aromatic heterocycles. The zero-order valence-corrected chi connectivity index (χ0v) is 24.4. The first-order chi connectivity index (χ1) is 18.7. The molecule has 3 rings (SSSR count). The Kier molecular flexibility index (Phi) is 11.0. The number of nitrogens with zero attached hydrogens (tertiary/aromatic N) is 2. The van der Waals surface area contributed by atoms with Crippen molar-refractivity contribution in [3.63, 3.8) is 0 Å². The van der Waals surface area contributed by atoms with Crippen LogP contribution in [0.3, 0.4) is 0 Å². The van der Waals surface area contributed by atoms with Gasteiger partial charge in [-0.25, -0.2) is 0 Å². The van der Waals surface area contributed by atoms with Crippen molar-refractivity contribution in [3.05, 3.63) is 36.4 Å². The summed E-state index contributed by atoms with van der Waals surface area (Å²) in [6.45, 7) is 13.8. The van der Waals surface area contributed by atoms with E-state index in [-0.39, 0.29) is 42.8 Å². The Morgan fingerprint density at radius 3 is 2.28 bits per heavy atom. The number of esters is 1. The number of hydrogen-bond donors (Lipinski definition) is 2. The van der Waals surface area contributed by atoms with Gasteiger partial charge in [-0.15, -0.1) is 0 Å². The number of nitrogens with one attached hydrogen (secondary N) is 1. The van der Waals surface area contributed by atoms with E-state index in [0.29, 0.717) is 12.1 Å². The molecule has 6 atom stereocenters. The van der Waals surface area contributed by atoms with Crippen LogP contribution in [0.15, 0.2) is 36.4 Å². The Hall–Kier alpha value is -2.87. The molecule has 2 amide bonds. The summed E-state index contributed by atoms with van der Waals surface area (Å²) in [4.78, 5) is 45.1. The van der Waals surface area contributed by atoms with Gasteiger partial charge in [-0.1, -0.05) is 39.3 Å². The van der Waals surface area contributed by atoms with E-state index in [1.54, 1.807) is 11.8 Å². The number of aliphatic hydroxyl groups excluding tert-OH is 1. The SMILES string of the molecule is CCC[C@@H]1C=C[C@H]2[C@@H](C(=O)N([C@@H](CO)CC(C)C)[C@@H]2C(=O)Nc2ccc(N(CC)CC)cc2)[C@@H]1C(=O)OCC. The molecule has 216 valence electrons. The predicted molar refractivity (Wildman–Crippen MR) is 154 cm³/mol. The predicted octanol–water partition coefficient (Wildman–Crippen LogP) is 4.49. The van der Waals surface area contributed by atoms with Gasteiger partial charge in [0.15, 0.2) is 0 Å². The molecular formula is C31H47N3O5. The van der Waals surface area contributed by atoms with Crippen molar-refractivity contribution >= 4 is 29.2 Å². The van der Waals surface area contributed by atoms with Gasteiger partial charge < -0.3 is 25.0 Å². The number of aliphatic hydroxyl groups is 1. The number of fused-ring (bicyclic) bond motifs is 1. The van der Waals surface area contributed by atoms with Crippen molar-refractivity contribution in [2.75, 3.05) is 36.5 Å². The third-order valence-electron chi connectivity index (χ3n) is 8.11. The first-order valence-corrected chi connectivity index (χ1v) is 14.7. The summed E-state index contributed by atoms with van der Waals surface area (Å²) in [7, 11) is 0. The normalized spacial score (nSPS) is 25.0. The van der Waals surface area contributed by atoms with E-state index in [4.69, 9.17) is 4.74 Å². The van der Waals surface area contributed by atoms with E-state index < -0.39 is 29.8 Å². The van der Waals surface area contributed by atoms with Gasteiger partial charge >= 0.3 is 5.97 Å².